The quantitative estimate of drug-likeness (QED) is 0.270. The van der Waals surface area contributed by atoms with E-state index >= 15 is 0 Å². The van der Waals surface area contributed by atoms with Crippen molar-refractivity contribution in [3.05, 3.63) is 82.4 Å². The third kappa shape index (κ3) is 4.26. The first kappa shape index (κ1) is 21.6. The van der Waals surface area contributed by atoms with Gasteiger partial charge in [0.05, 0.1) is 12.0 Å². The van der Waals surface area contributed by atoms with Gasteiger partial charge in [-0.25, -0.2) is 0 Å². The molecule has 2 rings (SSSR count). The molecule has 0 aliphatic rings. The Morgan fingerprint density at radius 3 is 2.24 bits per heavy atom. The monoisotopic (exact) mass is 399 g/mol. The molecule has 0 saturated heterocycles. The highest BCUT2D eigenvalue weighted by atomic mass is 16.6. The molecule has 8 nitrogen and oxygen atoms in total. The first-order valence-electron chi connectivity index (χ1n) is 8.71. The number of ether oxygens (including phenoxy) is 1. The van der Waals surface area contributed by atoms with Gasteiger partial charge in [0.15, 0.2) is 5.41 Å². The van der Waals surface area contributed by atoms with Gasteiger partial charge in [0.25, 0.3) is 5.69 Å². The number of aliphatic carboxylic acids is 2. The maximum absolute atomic E-state index is 12.2. The predicted molar refractivity (Wildman–Crippen MR) is 105 cm³/mol. The van der Waals surface area contributed by atoms with Gasteiger partial charge >= 0.3 is 11.9 Å². The van der Waals surface area contributed by atoms with Crippen molar-refractivity contribution in [1.29, 1.82) is 0 Å². The summed E-state index contributed by atoms with van der Waals surface area (Å²) in [4.78, 5) is 35.3. The second-order valence-electron chi connectivity index (χ2n) is 6.49. The van der Waals surface area contributed by atoms with Crippen LogP contribution in [0.5, 0.6) is 5.75 Å². The van der Waals surface area contributed by atoms with Crippen molar-refractivity contribution in [2.24, 2.45) is 5.41 Å². The molecule has 29 heavy (non-hydrogen) atoms. The van der Waals surface area contributed by atoms with E-state index in [4.69, 9.17) is 4.74 Å². The molecule has 2 aromatic carbocycles. The summed E-state index contributed by atoms with van der Waals surface area (Å²) in [7, 11) is 1.47. The van der Waals surface area contributed by atoms with Crippen LogP contribution < -0.4 is 4.74 Å². The average Bonchev–Trinajstić information content (AvgIpc) is 2.70. The summed E-state index contributed by atoms with van der Waals surface area (Å²) in [5.74, 6) is -3.66. The molecule has 0 aliphatic heterocycles. The highest BCUT2D eigenvalue weighted by Gasteiger charge is 2.53. The van der Waals surface area contributed by atoms with E-state index in [1.807, 2.05) is 0 Å². The van der Waals surface area contributed by atoms with E-state index in [9.17, 15) is 29.9 Å². The minimum absolute atomic E-state index is 0.157. The molecule has 0 aromatic heterocycles. The number of benzene rings is 2. The zero-order valence-electron chi connectivity index (χ0n) is 15.8. The van der Waals surface area contributed by atoms with Crippen molar-refractivity contribution in [1.82, 2.24) is 0 Å². The fourth-order valence-corrected chi connectivity index (χ4v) is 3.43. The zero-order valence-corrected chi connectivity index (χ0v) is 15.8. The summed E-state index contributed by atoms with van der Waals surface area (Å²) in [5.41, 5.74) is -1.79. The molecule has 8 heteroatoms. The maximum atomic E-state index is 12.2. The number of carboxylic acid groups (broad SMARTS) is 2. The third-order valence-electron chi connectivity index (χ3n) is 4.95. The average molecular weight is 399 g/mol. The number of hydrogen-bond acceptors (Lipinski definition) is 5. The van der Waals surface area contributed by atoms with Gasteiger partial charge < -0.3 is 14.9 Å². The van der Waals surface area contributed by atoms with E-state index in [0.29, 0.717) is 11.3 Å². The highest BCUT2D eigenvalue weighted by Crippen LogP contribution is 2.44. The lowest BCUT2D eigenvalue weighted by atomic mass is 9.67. The third-order valence-corrected chi connectivity index (χ3v) is 4.95. The predicted octanol–water partition coefficient (Wildman–Crippen LogP) is 3.66. The fraction of sp³-hybridized carbons (Fsp3) is 0.238. The van der Waals surface area contributed by atoms with Crippen LogP contribution in [-0.4, -0.2) is 34.2 Å². The first-order chi connectivity index (χ1) is 13.8. The number of methoxy groups -OCH3 is 1. The standard InChI is InChI=1S/C21H21NO7/c1-3-12-21(19(23)24,20(25)26)17(14-8-10-16(29-2)11-9-14)13-15-6-4-5-7-18(15)22(27)28/h3-11,17H,1,12-13H2,2H3,(H,23,24)(H,25,26). The highest BCUT2D eigenvalue weighted by molar-refractivity contribution is 5.99. The van der Waals surface area contributed by atoms with E-state index in [1.165, 1.54) is 31.4 Å². The van der Waals surface area contributed by atoms with Gasteiger partial charge in [-0.15, -0.1) is 6.58 Å². The van der Waals surface area contributed by atoms with Crippen LogP contribution in [0.2, 0.25) is 0 Å². The first-order valence-corrected chi connectivity index (χ1v) is 8.71. The minimum atomic E-state index is -2.25. The van der Waals surface area contributed by atoms with Gasteiger partial charge in [-0.2, -0.15) is 0 Å². The van der Waals surface area contributed by atoms with Gasteiger partial charge in [0.1, 0.15) is 5.75 Å². The molecule has 0 saturated carbocycles. The molecule has 0 aliphatic carbocycles. The topological polar surface area (TPSA) is 127 Å². The summed E-state index contributed by atoms with van der Waals surface area (Å²) >= 11 is 0. The van der Waals surface area contributed by atoms with E-state index in [2.05, 4.69) is 6.58 Å². The van der Waals surface area contributed by atoms with E-state index in [-0.39, 0.29) is 24.1 Å². The van der Waals surface area contributed by atoms with Crippen LogP contribution in [0.25, 0.3) is 0 Å². The van der Waals surface area contributed by atoms with Gasteiger partial charge in [-0.05, 0) is 30.5 Å². The van der Waals surface area contributed by atoms with Crippen molar-refractivity contribution in [2.75, 3.05) is 7.11 Å². The van der Waals surface area contributed by atoms with Crippen LogP contribution in [0.1, 0.15) is 23.5 Å². The van der Waals surface area contributed by atoms with E-state index in [0.717, 1.165) is 0 Å². The maximum Gasteiger partial charge on any atom is 0.322 e. The van der Waals surface area contributed by atoms with Crippen LogP contribution >= 0.6 is 0 Å². The molecular weight excluding hydrogens is 378 g/mol. The summed E-state index contributed by atoms with van der Waals surface area (Å²) in [5, 5.41) is 31.3. The summed E-state index contributed by atoms with van der Waals surface area (Å²) in [6.45, 7) is 3.51. The smallest absolute Gasteiger partial charge is 0.322 e. The Balaban J connectivity index is 2.70. The van der Waals surface area contributed by atoms with Crippen molar-refractivity contribution >= 4 is 17.6 Å². The Kier molecular flexibility index (Phi) is 6.71. The zero-order chi connectivity index (χ0) is 21.6. The van der Waals surface area contributed by atoms with Crippen molar-refractivity contribution < 1.29 is 29.5 Å². The number of hydrogen-bond donors (Lipinski definition) is 2. The molecule has 0 radical (unpaired) electrons. The molecule has 0 amide bonds. The van der Waals surface area contributed by atoms with Crippen LogP contribution in [0, 0.1) is 15.5 Å². The second-order valence-corrected chi connectivity index (χ2v) is 6.49. The normalized spacial score (nSPS) is 12.0. The Labute approximate surface area is 167 Å². The van der Waals surface area contributed by atoms with Gasteiger partial charge in [-0.1, -0.05) is 36.4 Å². The SMILES string of the molecule is C=CCC(C(=O)O)(C(=O)O)C(Cc1ccccc1[N+](=O)[O-])c1ccc(OC)cc1. The summed E-state index contributed by atoms with van der Waals surface area (Å²) in [6.07, 6.45) is 0.725. The molecule has 0 heterocycles. The van der Waals surface area contributed by atoms with E-state index < -0.39 is 28.2 Å². The number of nitro benzene ring substituents is 1. The lowest BCUT2D eigenvalue weighted by Crippen LogP contribution is -2.45. The summed E-state index contributed by atoms with van der Waals surface area (Å²) < 4.78 is 5.11. The number of carbonyl (C=O) groups is 2. The molecule has 0 fully saturated rings. The number of nitrogens with zero attached hydrogens (tertiary/aromatic N) is 1. The van der Waals surface area contributed by atoms with Crippen LogP contribution in [0.4, 0.5) is 5.69 Å². The Hall–Kier alpha value is -3.68. The van der Waals surface area contributed by atoms with Crippen molar-refractivity contribution in [3.63, 3.8) is 0 Å². The number of carboxylic acids is 2. The second kappa shape index (κ2) is 9.01. The van der Waals surface area contributed by atoms with Gasteiger partial charge in [-0.3, -0.25) is 19.7 Å². The molecule has 152 valence electrons. The molecule has 1 unspecified atom stereocenters. The van der Waals surface area contributed by atoms with Crippen LogP contribution in [0.3, 0.4) is 0 Å². The Morgan fingerprint density at radius 2 is 1.76 bits per heavy atom. The lowest BCUT2D eigenvalue weighted by molar-refractivity contribution is -0.385. The molecule has 0 spiro atoms. The number of para-hydroxylation sites is 1. The number of allylic oxidation sites excluding steroid dienone is 1. The molecular formula is C21H21NO7. The molecule has 0 bridgehead atoms. The van der Waals surface area contributed by atoms with Crippen molar-refractivity contribution in [2.45, 2.75) is 18.8 Å². The van der Waals surface area contributed by atoms with E-state index in [1.54, 1.807) is 30.3 Å². The molecule has 2 aromatic rings. The van der Waals surface area contributed by atoms with Crippen LogP contribution in [-0.2, 0) is 16.0 Å². The fourth-order valence-electron chi connectivity index (χ4n) is 3.43. The Bertz CT molecular complexity index is 907. The lowest BCUT2D eigenvalue weighted by Gasteiger charge is -2.33. The van der Waals surface area contributed by atoms with Gasteiger partial charge in [0.2, 0.25) is 0 Å². The molecule has 2 N–H and O–H groups in total. The van der Waals surface area contributed by atoms with Crippen LogP contribution in [0.15, 0.2) is 61.2 Å². The minimum Gasteiger partial charge on any atom is -0.497 e. The van der Waals surface area contributed by atoms with Gasteiger partial charge in [0, 0.05) is 17.5 Å². The summed E-state index contributed by atoms with van der Waals surface area (Å²) in [6, 6.07) is 12.2. The largest absolute Gasteiger partial charge is 0.497 e. The number of nitro groups is 1. The van der Waals surface area contributed by atoms with Crippen molar-refractivity contribution in [3.8, 4) is 5.75 Å². The molecule has 1 atom stereocenters. The number of rotatable bonds is 10. The Morgan fingerprint density at radius 1 is 1.17 bits per heavy atom.